The Hall–Kier alpha value is -1.59. The summed E-state index contributed by atoms with van der Waals surface area (Å²) in [6.07, 6.45) is 4.67. The van der Waals surface area contributed by atoms with Gasteiger partial charge in [0.25, 0.3) is 0 Å². The van der Waals surface area contributed by atoms with Crippen LogP contribution in [-0.4, -0.2) is 50.3 Å². The molecule has 1 aliphatic heterocycles. The summed E-state index contributed by atoms with van der Waals surface area (Å²) in [6.45, 7) is 4.80. The van der Waals surface area contributed by atoms with Gasteiger partial charge in [0.15, 0.2) is 0 Å². The summed E-state index contributed by atoms with van der Waals surface area (Å²) in [7, 11) is 1.61. The SMILES string of the molecule is CCOc1ccc(CCC2CCN(C(=O)CC(CN)OC)CC2)cc1. The van der Waals surface area contributed by atoms with Crippen molar-refractivity contribution in [3.63, 3.8) is 0 Å². The lowest BCUT2D eigenvalue weighted by molar-refractivity contribution is -0.135. The Kier molecular flexibility index (Phi) is 8.22. The largest absolute Gasteiger partial charge is 0.494 e. The zero-order valence-electron chi connectivity index (χ0n) is 15.6. The lowest BCUT2D eigenvalue weighted by Crippen LogP contribution is -2.41. The Labute approximate surface area is 151 Å². The van der Waals surface area contributed by atoms with Crippen molar-refractivity contribution in [3.8, 4) is 5.75 Å². The van der Waals surface area contributed by atoms with E-state index in [0.29, 0.717) is 25.5 Å². The zero-order valence-corrected chi connectivity index (χ0v) is 15.6. The van der Waals surface area contributed by atoms with Crippen molar-refractivity contribution in [1.82, 2.24) is 4.90 Å². The maximum absolute atomic E-state index is 12.3. The van der Waals surface area contributed by atoms with Crippen LogP contribution >= 0.6 is 0 Å². The fourth-order valence-electron chi connectivity index (χ4n) is 3.35. The number of hydrogen-bond acceptors (Lipinski definition) is 4. The first kappa shape index (κ1) is 19.7. The van der Waals surface area contributed by atoms with Gasteiger partial charge in [-0.1, -0.05) is 12.1 Å². The van der Waals surface area contributed by atoms with Crippen LogP contribution < -0.4 is 10.5 Å². The summed E-state index contributed by atoms with van der Waals surface area (Å²) in [5.41, 5.74) is 6.96. The van der Waals surface area contributed by atoms with Gasteiger partial charge in [-0.05, 0) is 56.2 Å². The Morgan fingerprint density at radius 2 is 1.96 bits per heavy atom. The molecule has 0 radical (unpaired) electrons. The fourth-order valence-corrected chi connectivity index (χ4v) is 3.35. The quantitative estimate of drug-likeness (QED) is 0.745. The van der Waals surface area contributed by atoms with Crippen molar-refractivity contribution in [2.45, 2.75) is 45.1 Å². The minimum Gasteiger partial charge on any atom is -0.494 e. The zero-order chi connectivity index (χ0) is 18.1. The summed E-state index contributed by atoms with van der Waals surface area (Å²) in [5, 5.41) is 0. The first-order chi connectivity index (χ1) is 12.2. The second kappa shape index (κ2) is 10.4. The number of benzene rings is 1. The molecule has 1 aliphatic rings. The molecule has 1 saturated heterocycles. The maximum atomic E-state index is 12.3. The molecule has 1 heterocycles. The van der Waals surface area contributed by atoms with E-state index in [9.17, 15) is 4.79 Å². The van der Waals surface area contributed by atoms with Crippen LogP contribution in [0.5, 0.6) is 5.75 Å². The Bertz CT molecular complexity index is 506. The molecule has 0 bridgehead atoms. The number of amides is 1. The van der Waals surface area contributed by atoms with Gasteiger partial charge in [0.2, 0.25) is 5.91 Å². The van der Waals surface area contributed by atoms with Gasteiger partial charge in [0, 0.05) is 26.7 Å². The number of carbonyl (C=O) groups is 1. The van der Waals surface area contributed by atoms with Crippen molar-refractivity contribution in [3.05, 3.63) is 29.8 Å². The van der Waals surface area contributed by atoms with Crippen molar-refractivity contribution < 1.29 is 14.3 Å². The lowest BCUT2D eigenvalue weighted by atomic mass is 9.90. The summed E-state index contributed by atoms with van der Waals surface area (Å²) in [5.74, 6) is 1.80. The first-order valence-corrected chi connectivity index (χ1v) is 9.38. The van der Waals surface area contributed by atoms with E-state index >= 15 is 0 Å². The van der Waals surface area contributed by atoms with Gasteiger partial charge < -0.3 is 20.1 Å². The van der Waals surface area contributed by atoms with Crippen LogP contribution in [0.3, 0.4) is 0 Å². The Morgan fingerprint density at radius 3 is 2.52 bits per heavy atom. The number of hydrogen-bond donors (Lipinski definition) is 1. The molecule has 0 aliphatic carbocycles. The average Bonchev–Trinajstić information content (AvgIpc) is 2.66. The van der Waals surface area contributed by atoms with Gasteiger partial charge in [-0.15, -0.1) is 0 Å². The number of methoxy groups -OCH3 is 1. The third kappa shape index (κ3) is 6.33. The third-order valence-electron chi connectivity index (χ3n) is 5.04. The molecule has 1 aromatic rings. The van der Waals surface area contributed by atoms with E-state index in [1.807, 2.05) is 24.0 Å². The highest BCUT2D eigenvalue weighted by molar-refractivity contribution is 5.76. The van der Waals surface area contributed by atoms with Gasteiger partial charge in [0.1, 0.15) is 5.75 Å². The summed E-state index contributed by atoms with van der Waals surface area (Å²) >= 11 is 0. The number of carbonyl (C=O) groups excluding carboxylic acids is 1. The molecule has 2 N–H and O–H groups in total. The van der Waals surface area contributed by atoms with Crippen molar-refractivity contribution in [1.29, 1.82) is 0 Å². The highest BCUT2D eigenvalue weighted by atomic mass is 16.5. The summed E-state index contributed by atoms with van der Waals surface area (Å²) < 4.78 is 10.7. The van der Waals surface area contributed by atoms with Crippen LogP contribution in [0.1, 0.15) is 38.2 Å². The highest BCUT2D eigenvalue weighted by Crippen LogP contribution is 2.24. The molecule has 2 rings (SSSR count). The molecule has 1 unspecified atom stereocenters. The lowest BCUT2D eigenvalue weighted by Gasteiger charge is -2.32. The number of rotatable bonds is 9. The van der Waals surface area contributed by atoms with Gasteiger partial charge in [-0.25, -0.2) is 0 Å². The van der Waals surface area contributed by atoms with Gasteiger partial charge in [-0.3, -0.25) is 4.79 Å². The maximum Gasteiger partial charge on any atom is 0.225 e. The van der Waals surface area contributed by atoms with Gasteiger partial charge in [-0.2, -0.15) is 0 Å². The smallest absolute Gasteiger partial charge is 0.225 e. The van der Waals surface area contributed by atoms with Crippen molar-refractivity contribution in [2.24, 2.45) is 11.7 Å². The molecule has 1 aromatic carbocycles. The molecule has 140 valence electrons. The minimum atomic E-state index is -0.162. The molecule has 5 nitrogen and oxygen atoms in total. The first-order valence-electron chi connectivity index (χ1n) is 9.38. The molecule has 1 fully saturated rings. The number of ether oxygens (including phenoxy) is 2. The third-order valence-corrected chi connectivity index (χ3v) is 5.04. The predicted octanol–water partition coefficient (Wildman–Crippen LogP) is 2.62. The van der Waals surface area contributed by atoms with E-state index < -0.39 is 0 Å². The molecule has 1 amide bonds. The number of nitrogens with zero attached hydrogens (tertiary/aromatic N) is 1. The highest BCUT2D eigenvalue weighted by Gasteiger charge is 2.24. The summed E-state index contributed by atoms with van der Waals surface area (Å²) in [6, 6.07) is 8.40. The van der Waals surface area contributed by atoms with Crippen molar-refractivity contribution in [2.75, 3.05) is 33.4 Å². The Morgan fingerprint density at radius 1 is 1.28 bits per heavy atom. The second-order valence-corrected chi connectivity index (χ2v) is 6.74. The van der Waals surface area contributed by atoms with Crippen LogP contribution in [0.25, 0.3) is 0 Å². The number of piperidine rings is 1. The molecule has 0 aromatic heterocycles. The standard InChI is InChI=1S/C20H32N2O3/c1-3-25-18-8-6-16(7-9-18)4-5-17-10-12-22(13-11-17)20(23)14-19(15-21)24-2/h6-9,17,19H,3-5,10-15,21H2,1-2H3. The normalized spacial score (nSPS) is 16.7. The van der Waals surface area contributed by atoms with E-state index in [4.69, 9.17) is 15.2 Å². The Balaban J connectivity index is 1.70. The van der Waals surface area contributed by atoms with Crippen molar-refractivity contribution >= 4 is 5.91 Å². The van der Waals surface area contributed by atoms with E-state index in [2.05, 4.69) is 12.1 Å². The number of nitrogens with two attached hydrogens (primary N) is 1. The minimum absolute atomic E-state index is 0.162. The average molecular weight is 348 g/mol. The van der Waals surface area contributed by atoms with E-state index in [-0.39, 0.29) is 12.0 Å². The fraction of sp³-hybridized carbons (Fsp3) is 0.650. The molecular formula is C20H32N2O3. The molecule has 5 heteroatoms. The van der Waals surface area contributed by atoms with Gasteiger partial charge >= 0.3 is 0 Å². The second-order valence-electron chi connectivity index (χ2n) is 6.74. The number of likely N-dealkylation sites (tertiary alicyclic amines) is 1. The molecule has 1 atom stereocenters. The molecular weight excluding hydrogens is 316 g/mol. The monoisotopic (exact) mass is 348 g/mol. The van der Waals surface area contributed by atoms with Gasteiger partial charge in [0.05, 0.1) is 19.1 Å². The van der Waals surface area contributed by atoms with Crippen LogP contribution in [-0.2, 0) is 16.0 Å². The predicted molar refractivity (Wildman–Crippen MR) is 99.7 cm³/mol. The van der Waals surface area contributed by atoms with E-state index in [0.717, 1.165) is 38.1 Å². The number of aryl methyl sites for hydroxylation is 1. The van der Waals surface area contributed by atoms with Crippen LogP contribution in [0.4, 0.5) is 0 Å². The van der Waals surface area contributed by atoms with Crippen LogP contribution in [0, 0.1) is 5.92 Å². The molecule has 0 saturated carbocycles. The van der Waals surface area contributed by atoms with E-state index in [1.54, 1.807) is 7.11 Å². The van der Waals surface area contributed by atoms with Crippen LogP contribution in [0.2, 0.25) is 0 Å². The molecule has 0 spiro atoms. The topological polar surface area (TPSA) is 64.8 Å². The summed E-state index contributed by atoms with van der Waals surface area (Å²) in [4.78, 5) is 14.2. The molecule has 25 heavy (non-hydrogen) atoms. The van der Waals surface area contributed by atoms with Crippen LogP contribution in [0.15, 0.2) is 24.3 Å². The van der Waals surface area contributed by atoms with E-state index in [1.165, 1.54) is 12.0 Å².